The minimum Gasteiger partial charge on any atom is -0.350 e. The predicted octanol–water partition coefficient (Wildman–Crippen LogP) is 3.08. The molecule has 0 aliphatic carbocycles. The second-order valence-corrected chi connectivity index (χ2v) is 6.51. The number of carbonyl (C=O) groups excluding carboxylic acids is 1. The Balaban J connectivity index is 1.75. The van der Waals surface area contributed by atoms with E-state index >= 15 is 0 Å². The maximum Gasteiger partial charge on any atom is 0.220 e. The van der Waals surface area contributed by atoms with Gasteiger partial charge in [0.25, 0.3) is 0 Å². The lowest BCUT2D eigenvalue weighted by Gasteiger charge is -2.31. The zero-order valence-electron chi connectivity index (χ0n) is 14.1. The molecule has 0 saturated carbocycles. The van der Waals surface area contributed by atoms with Gasteiger partial charge < -0.3 is 10.2 Å². The largest absolute Gasteiger partial charge is 0.350 e. The van der Waals surface area contributed by atoms with Crippen molar-refractivity contribution < 1.29 is 4.79 Å². The molecule has 1 aromatic rings. The van der Waals surface area contributed by atoms with Gasteiger partial charge in [0.15, 0.2) is 0 Å². The van der Waals surface area contributed by atoms with Gasteiger partial charge in [-0.1, -0.05) is 13.0 Å². The predicted molar refractivity (Wildman–Crippen MR) is 89.6 cm³/mol. The van der Waals surface area contributed by atoms with Gasteiger partial charge in [0.2, 0.25) is 5.91 Å². The van der Waals surface area contributed by atoms with Crippen LogP contribution in [-0.2, 0) is 4.79 Å². The number of rotatable bonds is 6. The molecule has 1 aliphatic rings. The Hall–Kier alpha value is -1.42. The maximum absolute atomic E-state index is 12.2. The van der Waals surface area contributed by atoms with E-state index in [0.29, 0.717) is 12.3 Å². The normalized spacial score (nSPS) is 18.1. The molecule has 1 amide bonds. The number of nitrogens with one attached hydrogen (secondary N) is 1. The Labute approximate surface area is 134 Å². The SMILES string of the molecule is CCCN1CCC(CC(=O)N[C@H](C)c2ccc(C)nc2)CC1. The zero-order chi connectivity index (χ0) is 15.9. The molecule has 1 fully saturated rings. The smallest absolute Gasteiger partial charge is 0.220 e. The van der Waals surface area contributed by atoms with Crippen LogP contribution in [0.15, 0.2) is 18.3 Å². The summed E-state index contributed by atoms with van der Waals surface area (Å²) in [5.74, 6) is 0.707. The molecule has 122 valence electrons. The Kier molecular flexibility index (Phi) is 6.37. The van der Waals surface area contributed by atoms with Gasteiger partial charge in [-0.15, -0.1) is 0 Å². The summed E-state index contributed by atoms with van der Waals surface area (Å²) in [6.45, 7) is 9.69. The number of nitrogens with zero attached hydrogens (tertiary/aromatic N) is 2. The number of hydrogen-bond donors (Lipinski definition) is 1. The minimum atomic E-state index is 0.0285. The number of aryl methyl sites for hydroxylation is 1. The number of likely N-dealkylation sites (tertiary alicyclic amines) is 1. The van der Waals surface area contributed by atoms with E-state index in [9.17, 15) is 4.79 Å². The van der Waals surface area contributed by atoms with Crippen LogP contribution in [0, 0.1) is 12.8 Å². The highest BCUT2D eigenvalue weighted by atomic mass is 16.1. The van der Waals surface area contributed by atoms with Gasteiger partial charge >= 0.3 is 0 Å². The van der Waals surface area contributed by atoms with Crippen molar-refractivity contribution in [2.75, 3.05) is 19.6 Å². The van der Waals surface area contributed by atoms with Crippen LogP contribution in [0.4, 0.5) is 0 Å². The van der Waals surface area contributed by atoms with Crippen LogP contribution in [0.25, 0.3) is 0 Å². The number of aromatic nitrogens is 1. The Morgan fingerprint density at radius 1 is 1.41 bits per heavy atom. The van der Waals surface area contributed by atoms with Gasteiger partial charge in [-0.05, 0) is 70.3 Å². The third kappa shape index (κ3) is 5.09. The molecule has 1 saturated heterocycles. The fraction of sp³-hybridized carbons (Fsp3) is 0.667. The summed E-state index contributed by atoms with van der Waals surface area (Å²) in [5, 5.41) is 3.11. The van der Waals surface area contributed by atoms with Gasteiger partial charge in [0.05, 0.1) is 6.04 Å². The van der Waals surface area contributed by atoms with Crippen LogP contribution in [0.1, 0.15) is 56.8 Å². The Morgan fingerprint density at radius 2 is 2.14 bits per heavy atom. The van der Waals surface area contributed by atoms with Crippen molar-refractivity contribution in [3.05, 3.63) is 29.6 Å². The summed E-state index contributed by atoms with van der Waals surface area (Å²) in [5.41, 5.74) is 2.07. The van der Waals surface area contributed by atoms with Crippen molar-refractivity contribution in [3.63, 3.8) is 0 Å². The Morgan fingerprint density at radius 3 is 2.73 bits per heavy atom. The average Bonchev–Trinajstić information content (AvgIpc) is 2.50. The van der Waals surface area contributed by atoms with E-state index in [1.54, 1.807) is 0 Å². The fourth-order valence-corrected chi connectivity index (χ4v) is 3.11. The van der Waals surface area contributed by atoms with E-state index in [2.05, 4.69) is 22.1 Å². The van der Waals surface area contributed by atoms with Crippen molar-refractivity contribution in [1.29, 1.82) is 0 Å². The molecule has 4 nitrogen and oxygen atoms in total. The molecule has 1 atom stereocenters. The van der Waals surface area contributed by atoms with E-state index < -0.39 is 0 Å². The van der Waals surface area contributed by atoms with Gasteiger partial charge in [-0.3, -0.25) is 9.78 Å². The molecule has 22 heavy (non-hydrogen) atoms. The molecule has 2 rings (SSSR count). The summed E-state index contributed by atoms with van der Waals surface area (Å²) < 4.78 is 0. The van der Waals surface area contributed by atoms with Crippen LogP contribution in [-0.4, -0.2) is 35.4 Å². The van der Waals surface area contributed by atoms with Crippen LogP contribution in [0.5, 0.6) is 0 Å². The van der Waals surface area contributed by atoms with Crippen molar-refractivity contribution in [1.82, 2.24) is 15.2 Å². The molecule has 0 unspecified atom stereocenters. The number of piperidine rings is 1. The molecule has 1 aliphatic heterocycles. The zero-order valence-corrected chi connectivity index (χ0v) is 14.1. The summed E-state index contributed by atoms with van der Waals surface area (Å²) in [6, 6.07) is 4.05. The minimum absolute atomic E-state index is 0.0285. The third-order valence-electron chi connectivity index (χ3n) is 4.53. The molecule has 0 bridgehead atoms. The molecular weight excluding hydrogens is 274 g/mol. The van der Waals surface area contributed by atoms with Gasteiger partial charge in [0, 0.05) is 18.3 Å². The number of amides is 1. The average molecular weight is 303 g/mol. The number of pyridine rings is 1. The summed E-state index contributed by atoms with van der Waals surface area (Å²) in [7, 11) is 0. The lowest BCUT2D eigenvalue weighted by Crippen LogP contribution is -2.36. The molecule has 1 aromatic heterocycles. The summed E-state index contributed by atoms with van der Waals surface area (Å²) in [6.07, 6.45) is 6.02. The van der Waals surface area contributed by atoms with Crippen LogP contribution in [0.3, 0.4) is 0 Å². The molecule has 2 heterocycles. The molecule has 1 N–H and O–H groups in total. The second-order valence-electron chi connectivity index (χ2n) is 6.51. The molecular formula is C18H29N3O. The van der Waals surface area contributed by atoms with Gasteiger partial charge in [0.1, 0.15) is 0 Å². The first-order valence-electron chi connectivity index (χ1n) is 8.52. The standard InChI is InChI=1S/C18H29N3O/c1-4-9-21-10-7-16(8-11-21)12-18(22)20-15(3)17-6-5-14(2)19-13-17/h5-6,13,15-16H,4,7-12H2,1-3H3,(H,20,22)/t15-/m1/s1. The van der Waals surface area contributed by atoms with Gasteiger partial charge in [-0.2, -0.15) is 0 Å². The fourth-order valence-electron chi connectivity index (χ4n) is 3.11. The maximum atomic E-state index is 12.2. The number of hydrogen-bond acceptors (Lipinski definition) is 3. The van der Waals surface area contributed by atoms with Crippen molar-refractivity contribution >= 4 is 5.91 Å². The first-order chi connectivity index (χ1) is 10.6. The highest BCUT2D eigenvalue weighted by molar-refractivity contribution is 5.76. The highest BCUT2D eigenvalue weighted by Gasteiger charge is 2.21. The van der Waals surface area contributed by atoms with E-state index in [4.69, 9.17) is 0 Å². The van der Waals surface area contributed by atoms with E-state index in [-0.39, 0.29) is 11.9 Å². The van der Waals surface area contributed by atoms with E-state index in [1.165, 1.54) is 13.0 Å². The quantitative estimate of drug-likeness (QED) is 0.878. The topological polar surface area (TPSA) is 45.2 Å². The summed E-state index contributed by atoms with van der Waals surface area (Å²) >= 11 is 0. The monoisotopic (exact) mass is 303 g/mol. The van der Waals surface area contributed by atoms with Gasteiger partial charge in [-0.25, -0.2) is 0 Å². The van der Waals surface area contributed by atoms with Crippen molar-refractivity contribution in [3.8, 4) is 0 Å². The van der Waals surface area contributed by atoms with Crippen LogP contribution < -0.4 is 5.32 Å². The second kappa shape index (κ2) is 8.28. The highest BCUT2D eigenvalue weighted by Crippen LogP contribution is 2.21. The third-order valence-corrected chi connectivity index (χ3v) is 4.53. The Bertz CT molecular complexity index is 464. The van der Waals surface area contributed by atoms with E-state index in [1.807, 2.05) is 32.2 Å². The van der Waals surface area contributed by atoms with Crippen molar-refractivity contribution in [2.45, 2.75) is 52.5 Å². The molecule has 0 aromatic carbocycles. The lowest BCUT2D eigenvalue weighted by atomic mass is 9.93. The van der Waals surface area contributed by atoms with Crippen molar-refractivity contribution in [2.24, 2.45) is 5.92 Å². The first kappa shape index (κ1) is 16.9. The molecule has 0 spiro atoms. The lowest BCUT2D eigenvalue weighted by molar-refractivity contribution is -0.123. The first-order valence-corrected chi connectivity index (χ1v) is 8.52. The van der Waals surface area contributed by atoms with Crippen LogP contribution >= 0.6 is 0 Å². The molecule has 4 heteroatoms. The van der Waals surface area contributed by atoms with E-state index in [0.717, 1.165) is 37.2 Å². The summed E-state index contributed by atoms with van der Waals surface area (Å²) in [4.78, 5) is 19.0. The number of carbonyl (C=O) groups is 1. The van der Waals surface area contributed by atoms with Crippen LogP contribution in [0.2, 0.25) is 0 Å². The molecule has 0 radical (unpaired) electrons.